The van der Waals surface area contributed by atoms with Crippen molar-refractivity contribution in [2.75, 3.05) is 24.4 Å². The Morgan fingerprint density at radius 1 is 1.50 bits per heavy atom. The Morgan fingerprint density at radius 3 is 2.89 bits per heavy atom. The van der Waals surface area contributed by atoms with Crippen LogP contribution in [0.25, 0.3) is 0 Å². The molecule has 1 atom stereocenters. The van der Waals surface area contributed by atoms with Crippen molar-refractivity contribution in [2.24, 2.45) is 0 Å². The molecule has 1 aromatic carbocycles. The fourth-order valence-electron chi connectivity index (χ4n) is 1.81. The number of amides is 1. The topological polar surface area (TPSA) is 41.1 Å². The highest BCUT2D eigenvalue weighted by Gasteiger charge is 2.21. The van der Waals surface area contributed by atoms with Gasteiger partial charge in [0, 0.05) is 23.1 Å². The van der Waals surface area contributed by atoms with Gasteiger partial charge in [-0.15, -0.1) is 23.5 Å². The van der Waals surface area contributed by atoms with Crippen LogP contribution in [0.1, 0.15) is 5.56 Å². The van der Waals surface area contributed by atoms with Crippen LogP contribution < -0.4 is 10.6 Å². The number of benzene rings is 1. The number of nitrogens with one attached hydrogen (secondary N) is 2. The van der Waals surface area contributed by atoms with Crippen LogP contribution in [0.2, 0.25) is 0 Å². The van der Waals surface area contributed by atoms with Crippen LogP contribution in [0.15, 0.2) is 29.2 Å². The van der Waals surface area contributed by atoms with Gasteiger partial charge >= 0.3 is 0 Å². The average molecular weight is 282 g/mol. The maximum absolute atomic E-state index is 11.7. The van der Waals surface area contributed by atoms with Gasteiger partial charge in [-0.1, -0.05) is 12.1 Å². The number of hydrogen-bond donors (Lipinski definition) is 2. The number of carbonyl (C=O) groups is 1. The van der Waals surface area contributed by atoms with E-state index in [1.54, 1.807) is 23.5 Å². The lowest BCUT2D eigenvalue weighted by atomic mass is 10.1. The van der Waals surface area contributed by atoms with Crippen LogP contribution in [0.5, 0.6) is 0 Å². The first-order valence-electron chi connectivity index (χ1n) is 6.01. The molecule has 5 heteroatoms. The lowest BCUT2D eigenvalue weighted by molar-refractivity contribution is -0.122. The first-order chi connectivity index (χ1) is 8.79. The predicted octanol–water partition coefficient (Wildman–Crippen LogP) is 1.73. The molecule has 1 aliphatic rings. The van der Waals surface area contributed by atoms with E-state index in [4.69, 9.17) is 0 Å². The van der Waals surface area contributed by atoms with E-state index in [0.29, 0.717) is 6.54 Å². The van der Waals surface area contributed by atoms with Gasteiger partial charge in [0.05, 0.1) is 6.04 Å². The summed E-state index contributed by atoms with van der Waals surface area (Å²) < 4.78 is 0. The lowest BCUT2D eigenvalue weighted by Gasteiger charge is -2.10. The van der Waals surface area contributed by atoms with Crippen molar-refractivity contribution in [3.05, 3.63) is 29.8 Å². The third kappa shape index (κ3) is 3.93. The molecular formula is C13H18N2OS2. The minimum atomic E-state index is -0.00568. The fraction of sp³-hybridized carbons (Fsp3) is 0.462. The second-order valence-corrected chi connectivity index (χ2v) is 6.07. The van der Waals surface area contributed by atoms with E-state index in [1.165, 1.54) is 10.5 Å². The van der Waals surface area contributed by atoms with Gasteiger partial charge in [0.1, 0.15) is 0 Å². The molecule has 2 N–H and O–H groups in total. The molecule has 0 bridgehead atoms. The maximum Gasteiger partial charge on any atom is 0.238 e. The van der Waals surface area contributed by atoms with Gasteiger partial charge in [0.15, 0.2) is 0 Å². The van der Waals surface area contributed by atoms with Gasteiger partial charge in [-0.05, 0) is 30.4 Å². The lowest BCUT2D eigenvalue weighted by Crippen LogP contribution is -2.42. The Morgan fingerprint density at radius 2 is 2.28 bits per heavy atom. The molecule has 0 saturated carbocycles. The molecule has 18 heavy (non-hydrogen) atoms. The molecule has 3 nitrogen and oxygen atoms in total. The highest BCUT2D eigenvalue weighted by Crippen LogP contribution is 2.15. The summed E-state index contributed by atoms with van der Waals surface area (Å²) in [5.41, 5.74) is 1.27. The van der Waals surface area contributed by atoms with E-state index in [2.05, 4.69) is 41.2 Å². The van der Waals surface area contributed by atoms with Crippen molar-refractivity contribution in [1.29, 1.82) is 0 Å². The normalized spacial score (nSPS) is 18.8. The summed E-state index contributed by atoms with van der Waals surface area (Å²) >= 11 is 3.51. The van der Waals surface area contributed by atoms with Gasteiger partial charge in [-0.2, -0.15) is 0 Å². The Kier molecular flexibility index (Phi) is 5.41. The van der Waals surface area contributed by atoms with Crippen molar-refractivity contribution >= 4 is 29.4 Å². The summed E-state index contributed by atoms with van der Waals surface area (Å²) in [5.74, 6) is 1.89. The molecule has 1 heterocycles. The van der Waals surface area contributed by atoms with E-state index in [-0.39, 0.29) is 11.9 Å². The minimum Gasteiger partial charge on any atom is -0.354 e. The molecule has 1 unspecified atom stereocenters. The Labute approximate surface area is 116 Å². The summed E-state index contributed by atoms with van der Waals surface area (Å²) in [4.78, 5) is 13.0. The van der Waals surface area contributed by atoms with Gasteiger partial charge in [-0.25, -0.2) is 0 Å². The van der Waals surface area contributed by atoms with Crippen LogP contribution in [-0.4, -0.2) is 36.4 Å². The fourth-order valence-corrected chi connectivity index (χ4v) is 3.16. The zero-order valence-electron chi connectivity index (χ0n) is 10.4. The zero-order chi connectivity index (χ0) is 12.8. The number of thioether (sulfide) groups is 2. The van der Waals surface area contributed by atoms with Crippen molar-refractivity contribution in [3.8, 4) is 0 Å². The molecule has 2 rings (SSSR count). The molecule has 1 fully saturated rings. The standard InChI is InChI=1S/C13H18N2OS2/c1-17-11-4-2-10(3-5-11)6-7-14-13(16)12-8-18-9-15-12/h2-5,12,15H,6-9H2,1H3,(H,14,16). The molecule has 0 aromatic heterocycles. The monoisotopic (exact) mass is 282 g/mol. The Balaban J connectivity index is 1.72. The molecule has 1 amide bonds. The zero-order valence-corrected chi connectivity index (χ0v) is 12.1. The minimum absolute atomic E-state index is 0.00568. The second kappa shape index (κ2) is 7.07. The van der Waals surface area contributed by atoms with E-state index in [9.17, 15) is 4.79 Å². The van der Waals surface area contributed by atoms with Gasteiger partial charge in [-0.3, -0.25) is 10.1 Å². The Bertz CT molecular complexity index is 388. The van der Waals surface area contributed by atoms with Crippen LogP contribution in [0.3, 0.4) is 0 Å². The molecular weight excluding hydrogens is 264 g/mol. The molecule has 1 aromatic rings. The smallest absolute Gasteiger partial charge is 0.238 e. The highest BCUT2D eigenvalue weighted by atomic mass is 32.2. The van der Waals surface area contributed by atoms with Gasteiger partial charge in [0.25, 0.3) is 0 Å². The molecule has 1 saturated heterocycles. The summed E-state index contributed by atoms with van der Waals surface area (Å²) in [7, 11) is 0. The van der Waals surface area contributed by atoms with Crippen LogP contribution >= 0.6 is 23.5 Å². The van der Waals surface area contributed by atoms with E-state index in [0.717, 1.165) is 18.1 Å². The molecule has 98 valence electrons. The average Bonchev–Trinajstić information content (AvgIpc) is 2.93. The molecule has 0 spiro atoms. The second-order valence-electron chi connectivity index (χ2n) is 4.16. The third-order valence-corrected chi connectivity index (χ3v) is 4.59. The van der Waals surface area contributed by atoms with Crippen LogP contribution in [0.4, 0.5) is 0 Å². The summed E-state index contributed by atoms with van der Waals surface area (Å²) in [6.07, 6.45) is 2.96. The van der Waals surface area contributed by atoms with Crippen molar-refractivity contribution in [2.45, 2.75) is 17.4 Å². The Hall–Kier alpha value is -0.650. The highest BCUT2D eigenvalue weighted by molar-refractivity contribution is 7.99. The van der Waals surface area contributed by atoms with Crippen LogP contribution in [-0.2, 0) is 11.2 Å². The van der Waals surface area contributed by atoms with E-state index < -0.39 is 0 Å². The first-order valence-corrected chi connectivity index (χ1v) is 8.39. The summed E-state index contributed by atoms with van der Waals surface area (Å²) in [6, 6.07) is 8.49. The maximum atomic E-state index is 11.7. The summed E-state index contributed by atoms with van der Waals surface area (Å²) in [6.45, 7) is 0.709. The van der Waals surface area contributed by atoms with Crippen molar-refractivity contribution < 1.29 is 4.79 Å². The van der Waals surface area contributed by atoms with Crippen LogP contribution in [0, 0.1) is 0 Å². The molecule has 0 radical (unpaired) electrons. The largest absolute Gasteiger partial charge is 0.354 e. The number of hydrogen-bond acceptors (Lipinski definition) is 4. The van der Waals surface area contributed by atoms with Crippen molar-refractivity contribution in [3.63, 3.8) is 0 Å². The summed E-state index contributed by atoms with van der Waals surface area (Å²) in [5, 5.41) is 6.15. The quantitative estimate of drug-likeness (QED) is 0.807. The number of rotatable bonds is 5. The first kappa shape index (κ1) is 13.8. The van der Waals surface area contributed by atoms with Crippen molar-refractivity contribution in [1.82, 2.24) is 10.6 Å². The van der Waals surface area contributed by atoms with Gasteiger partial charge in [0.2, 0.25) is 5.91 Å². The molecule has 0 aliphatic carbocycles. The molecule has 1 aliphatic heterocycles. The van der Waals surface area contributed by atoms with E-state index in [1.807, 2.05) is 0 Å². The predicted molar refractivity (Wildman–Crippen MR) is 79.2 cm³/mol. The SMILES string of the molecule is CSc1ccc(CCNC(=O)C2CSCN2)cc1. The number of carbonyl (C=O) groups excluding carboxylic acids is 1. The van der Waals surface area contributed by atoms with E-state index >= 15 is 0 Å². The van der Waals surface area contributed by atoms with Gasteiger partial charge < -0.3 is 5.32 Å². The third-order valence-electron chi connectivity index (χ3n) is 2.90.